The molecule has 3 aromatic carbocycles. The second-order valence-electron chi connectivity index (χ2n) is 9.17. The number of hydrogen-bond acceptors (Lipinski definition) is 8. The van der Waals surface area contributed by atoms with Crippen LogP contribution in [0.5, 0.6) is 23.0 Å². The van der Waals surface area contributed by atoms with Crippen molar-refractivity contribution >= 4 is 5.97 Å². The van der Waals surface area contributed by atoms with Crippen LogP contribution in [0.25, 0.3) is 0 Å². The molecule has 1 aliphatic heterocycles. The van der Waals surface area contributed by atoms with Crippen molar-refractivity contribution in [1.29, 1.82) is 0 Å². The van der Waals surface area contributed by atoms with E-state index in [1.807, 2.05) is 72.8 Å². The van der Waals surface area contributed by atoms with E-state index in [9.17, 15) is 9.90 Å². The number of esters is 1. The maximum Gasteiger partial charge on any atom is 0.350 e. The minimum Gasteiger partial charge on any atom is -0.491 e. The summed E-state index contributed by atoms with van der Waals surface area (Å²) in [7, 11) is 0. The van der Waals surface area contributed by atoms with Gasteiger partial charge in [-0.15, -0.1) is 0 Å². The first-order chi connectivity index (χ1) is 18.5. The molecule has 3 aromatic rings. The minimum atomic E-state index is -0.747. The number of aliphatic hydroxyl groups is 1. The third-order valence-corrected chi connectivity index (χ3v) is 5.98. The lowest BCUT2D eigenvalue weighted by molar-refractivity contribution is -0.153. The van der Waals surface area contributed by atoms with Crippen molar-refractivity contribution in [2.45, 2.75) is 45.1 Å². The first-order valence-electron chi connectivity index (χ1n) is 12.9. The Morgan fingerprint density at radius 1 is 1.00 bits per heavy atom. The Kier molecular flexibility index (Phi) is 9.84. The Balaban J connectivity index is 1.15. The highest BCUT2D eigenvalue weighted by Gasteiger charge is 2.28. The fourth-order valence-corrected chi connectivity index (χ4v) is 3.98. The standard InChI is InChI=1S/C30H35NO7/c1-3-34-30(33)29-20-37-28-16-23(9-14-27(28)38-29)15-21(2)31-17-24(32)19-36-26-12-10-25(11-13-26)35-18-22-7-5-4-6-8-22/h4-14,16,21,24,29,31-32H,3,15,17-20H2,1-2H3/t21-,24+,29?/m1/s1. The molecular weight excluding hydrogens is 486 g/mol. The van der Waals surface area contributed by atoms with Gasteiger partial charge in [-0.25, -0.2) is 4.79 Å². The Morgan fingerprint density at radius 3 is 2.47 bits per heavy atom. The van der Waals surface area contributed by atoms with Gasteiger partial charge in [-0.1, -0.05) is 36.4 Å². The molecule has 8 nitrogen and oxygen atoms in total. The smallest absolute Gasteiger partial charge is 0.350 e. The van der Waals surface area contributed by atoms with E-state index >= 15 is 0 Å². The molecule has 3 atom stereocenters. The summed E-state index contributed by atoms with van der Waals surface area (Å²) in [5.74, 6) is 2.15. The summed E-state index contributed by atoms with van der Waals surface area (Å²) in [6.45, 7) is 5.31. The van der Waals surface area contributed by atoms with E-state index < -0.39 is 18.2 Å². The zero-order valence-electron chi connectivity index (χ0n) is 21.8. The summed E-state index contributed by atoms with van der Waals surface area (Å²) in [5.41, 5.74) is 2.16. The number of nitrogens with one attached hydrogen (secondary N) is 1. The highest BCUT2D eigenvalue weighted by atomic mass is 16.6. The van der Waals surface area contributed by atoms with Gasteiger partial charge in [0.1, 0.15) is 37.4 Å². The topological polar surface area (TPSA) is 95.5 Å². The van der Waals surface area contributed by atoms with E-state index in [0.29, 0.717) is 37.0 Å². The number of carbonyl (C=O) groups excluding carboxylic acids is 1. The average molecular weight is 522 g/mol. The van der Waals surface area contributed by atoms with Crippen molar-refractivity contribution in [3.63, 3.8) is 0 Å². The molecule has 0 saturated carbocycles. The van der Waals surface area contributed by atoms with Crippen LogP contribution in [0.1, 0.15) is 25.0 Å². The van der Waals surface area contributed by atoms with Crippen LogP contribution in [0.2, 0.25) is 0 Å². The molecule has 0 aromatic heterocycles. The van der Waals surface area contributed by atoms with Gasteiger partial charge in [0.2, 0.25) is 6.10 Å². The largest absolute Gasteiger partial charge is 0.491 e. The molecule has 0 fully saturated rings. The van der Waals surface area contributed by atoms with Gasteiger partial charge in [0.05, 0.1) is 6.61 Å². The van der Waals surface area contributed by atoms with E-state index in [0.717, 1.165) is 23.3 Å². The van der Waals surface area contributed by atoms with Crippen LogP contribution in [0, 0.1) is 0 Å². The summed E-state index contributed by atoms with van der Waals surface area (Å²) < 4.78 is 28.0. The van der Waals surface area contributed by atoms with Crippen molar-refractivity contribution in [2.24, 2.45) is 0 Å². The first-order valence-corrected chi connectivity index (χ1v) is 12.9. The van der Waals surface area contributed by atoms with Gasteiger partial charge >= 0.3 is 5.97 Å². The number of carbonyl (C=O) groups is 1. The highest BCUT2D eigenvalue weighted by molar-refractivity contribution is 5.76. The maximum atomic E-state index is 11.9. The Morgan fingerprint density at radius 2 is 1.74 bits per heavy atom. The molecular formula is C30H35NO7. The fourth-order valence-electron chi connectivity index (χ4n) is 3.98. The molecule has 0 amide bonds. The first kappa shape index (κ1) is 27.3. The van der Waals surface area contributed by atoms with Crippen molar-refractivity contribution in [3.05, 3.63) is 83.9 Å². The van der Waals surface area contributed by atoms with Crippen LogP contribution in [0.15, 0.2) is 72.8 Å². The molecule has 1 unspecified atom stereocenters. The Bertz CT molecular complexity index is 1150. The number of hydrogen-bond donors (Lipinski definition) is 2. The molecule has 1 heterocycles. The molecule has 0 spiro atoms. The van der Waals surface area contributed by atoms with Crippen LogP contribution < -0.4 is 24.3 Å². The van der Waals surface area contributed by atoms with Gasteiger partial charge < -0.3 is 34.1 Å². The van der Waals surface area contributed by atoms with E-state index in [2.05, 4.69) is 12.2 Å². The zero-order valence-corrected chi connectivity index (χ0v) is 21.8. The van der Waals surface area contributed by atoms with Gasteiger partial charge in [0.15, 0.2) is 11.5 Å². The minimum absolute atomic E-state index is 0.112. The lowest BCUT2D eigenvalue weighted by Crippen LogP contribution is -2.38. The van der Waals surface area contributed by atoms with Crippen LogP contribution >= 0.6 is 0 Å². The fraction of sp³-hybridized carbons (Fsp3) is 0.367. The Labute approximate surface area is 223 Å². The van der Waals surface area contributed by atoms with Crippen molar-refractivity contribution in [2.75, 3.05) is 26.4 Å². The van der Waals surface area contributed by atoms with Crippen LogP contribution in [-0.4, -0.2) is 55.7 Å². The van der Waals surface area contributed by atoms with Gasteiger partial charge in [0, 0.05) is 12.6 Å². The zero-order chi connectivity index (χ0) is 26.7. The maximum absolute atomic E-state index is 11.9. The summed E-state index contributed by atoms with van der Waals surface area (Å²) >= 11 is 0. The highest BCUT2D eigenvalue weighted by Crippen LogP contribution is 2.33. The van der Waals surface area contributed by atoms with Crippen LogP contribution in [-0.2, 0) is 22.6 Å². The molecule has 38 heavy (non-hydrogen) atoms. The normalized spacial score (nSPS) is 15.8. The van der Waals surface area contributed by atoms with Crippen LogP contribution in [0.4, 0.5) is 0 Å². The number of rotatable bonds is 13. The molecule has 0 aliphatic carbocycles. The van der Waals surface area contributed by atoms with Crippen LogP contribution in [0.3, 0.4) is 0 Å². The molecule has 0 saturated heterocycles. The predicted molar refractivity (Wildman–Crippen MR) is 143 cm³/mol. The van der Waals surface area contributed by atoms with E-state index in [-0.39, 0.29) is 19.3 Å². The molecule has 8 heteroatoms. The molecule has 4 rings (SSSR count). The third-order valence-electron chi connectivity index (χ3n) is 5.98. The van der Waals surface area contributed by atoms with Gasteiger partial charge in [0.25, 0.3) is 0 Å². The summed E-state index contributed by atoms with van der Waals surface area (Å²) in [6.07, 6.45) is -0.675. The quantitative estimate of drug-likeness (QED) is 0.327. The average Bonchev–Trinajstić information content (AvgIpc) is 2.95. The van der Waals surface area contributed by atoms with E-state index in [4.69, 9.17) is 23.7 Å². The number of fused-ring (bicyclic) bond motifs is 1. The molecule has 2 N–H and O–H groups in total. The monoisotopic (exact) mass is 521 g/mol. The van der Waals surface area contributed by atoms with Crippen molar-refractivity contribution < 1.29 is 33.6 Å². The van der Waals surface area contributed by atoms with Gasteiger partial charge in [-0.3, -0.25) is 0 Å². The van der Waals surface area contributed by atoms with E-state index in [1.165, 1.54) is 0 Å². The molecule has 1 aliphatic rings. The predicted octanol–water partition coefficient (Wildman–Crippen LogP) is 3.93. The van der Waals surface area contributed by atoms with Crippen molar-refractivity contribution in [1.82, 2.24) is 5.32 Å². The van der Waals surface area contributed by atoms with E-state index in [1.54, 1.807) is 6.92 Å². The van der Waals surface area contributed by atoms with Gasteiger partial charge in [-0.05, 0) is 67.8 Å². The third kappa shape index (κ3) is 8.13. The lowest BCUT2D eigenvalue weighted by Gasteiger charge is -2.25. The summed E-state index contributed by atoms with van der Waals surface area (Å²) in [4.78, 5) is 11.9. The summed E-state index contributed by atoms with van der Waals surface area (Å²) in [5, 5.41) is 13.7. The second kappa shape index (κ2) is 13.7. The SMILES string of the molecule is CCOC(=O)C1COc2cc(C[C@@H](C)NC[C@H](O)COc3ccc(OCc4ccccc4)cc3)ccc2O1. The van der Waals surface area contributed by atoms with Gasteiger partial charge in [-0.2, -0.15) is 0 Å². The molecule has 0 radical (unpaired) electrons. The lowest BCUT2D eigenvalue weighted by atomic mass is 10.1. The summed E-state index contributed by atoms with van der Waals surface area (Å²) in [6, 6.07) is 23.2. The Hall–Kier alpha value is -3.75. The van der Waals surface area contributed by atoms with Crippen molar-refractivity contribution in [3.8, 4) is 23.0 Å². The number of ether oxygens (including phenoxy) is 5. The second-order valence-corrected chi connectivity index (χ2v) is 9.17. The number of aliphatic hydroxyl groups excluding tert-OH is 1. The molecule has 202 valence electrons. The number of benzene rings is 3. The molecule has 0 bridgehead atoms.